The lowest BCUT2D eigenvalue weighted by atomic mass is 10.0. The number of hydrogen-bond donors (Lipinski definition) is 1. The largest absolute Gasteiger partial charge is 0.481 e. The average Bonchev–Trinajstić information content (AvgIpc) is 3.05. The van der Waals surface area contributed by atoms with E-state index < -0.39 is 5.97 Å². The number of unbranched alkanes of at least 4 members (excludes halogenated alkanes) is 19. The third-order valence-electron chi connectivity index (χ3n) is 8.82. The van der Waals surface area contributed by atoms with E-state index in [2.05, 4.69) is 62.5 Å². The highest BCUT2D eigenvalue weighted by molar-refractivity contribution is 5.69. The Morgan fingerprint density at radius 3 is 1.38 bits per heavy atom. The van der Waals surface area contributed by atoms with E-state index in [0.29, 0.717) is 6.42 Å². The normalized spacial score (nSPS) is 12.7. The number of hydrogen-bond acceptors (Lipinski definition) is 3. The lowest BCUT2D eigenvalue weighted by molar-refractivity contribution is -0.150. The quantitative estimate of drug-likeness (QED) is 0.0414. The summed E-state index contributed by atoms with van der Waals surface area (Å²) >= 11 is 0. The predicted molar refractivity (Wildman–Crippen MR) is 204 cm³/mol. The minimum Gasteiger partial charge on any atom is -0.481 e. The molecule has 0 aromatic rings. The standard InChI is InChI=1S/C43H76O4/c1-3-5-7-9-11-12-13-14-15-16-17-18-19-20-21-22-23-24-25-26-27-32-36-40-43(46)47-41(37-33-29-10-8-6-4-2)38-34-30-28-31-35-39-42(44)45/h5,7,11-12,14-15,17-18,41H,3-4,6,8-10,13,16,19-40H2,1-2H3,(H,44,45)/b7-5-,12-11-,15-14-,18-17-. The Hall–Kier alpha value is -2.10. The van der Waals surface area contributed by atoms with Crippen molar-refractivity contribution in [3.63, 3.8) is 0 Å². The molecule has 0 heterocycles. The summed E-state index contributed by atoms with van der Waals surface area (Å²) in [5.41, 5.74) is 0. The molecule has 1 atom stereocenters. The maximum absolute atomic E-state index is 12.6. The van der Waals surface area contributed by atoms with Crippen molar-refractivity contribution in [2.45, 2.75) is 213 Å². The van der Waals surface area contributed by atoms with Gasteiger partial charge in [-0.1, -0.05) is 165 Å². The molecule has 0 saturated carbocycles. The Morgan fingerprint density at radius 1 is 0.489 bits per heavy atom. The van der Waals surface area contributed by atoms with Crippen LogP contribution in [0.25, 0.3) is 0 Å². The third-order valence-corrected chi connectivity index (χ3v) is 8.82. The minimum atomic E-state index is -0.703. The van der Waals surface area contributed by atoms with E-state index in [0.717, 1.165) is 89.9 Å². The van der Waals surface area contributed by atoms with Crippen molar-refractivity contribution in [1.29, 1.82) is 0 Å². The molecule has 1 unspecified atom stereocenters. The highest BCUT2D eigenvalue weighted by Gasteiger charge is 2.14. The van der Waals surface area contributed by atoms with Crippen LogP contribution in [0.15, 0.2) is 48.6 Å². The molecule has 272 valence electrons. The van der Waals surface area contributed by atoms with Crippen molar-refractivity contribution in [2.24, 2.45) is 0 Å². The first-order valence-electron chi connectivity index (χ1n) is 20.1. The van der Waals surface area contributed by atoms with Crippen molar-refractivity contribution in [3.8, 4) is 0 Å². The van der Waals surface area contributed by atoms with Gasteiger partial charge in [0.05, 0.1) is 0 Å². The molecule has 0 aliphatic rings. The molecule has 0 aliphatic carbocycles. The van der Waals surface area contributed by atoms with Crippen LogP contribution in [0.3, 0.4) is 0 Å². The number of aliphatic carboxylic acids is 1. The molecule has 0 aromatic heterocycles. The Labute approximate surface area is 292 Å². The fourth-order valence-electron chi connectivity index (χ4n) is 5.88. The van der Waals surface area contributed by atoms with E-state index in [9.17, 15) is 9.59 Å². The molecule has 0 aliphatic heterocycles. The molecule has 0 spiro atoms. The van der Waals surface area contributed by atoms with Gasteiger partial charge in [0.1, 0.15) is 6.10 Å². The lowest BCUT2D eigenvalue weighted by Crippen LogP contribution is -2.18. The smallest absolute Gasteiger partial charge is 0.306 e. The Morgan fingerprint density at radius 2 is 0.894 bits per heavy atom. The molecular formula is C43H76O4. The second-order valence-electron chi connectivity index (χ2n) is 13.4. The van der Waals surface area contributed by atoms with Crippen LogP contribution in [0.2, 0.25) is 0 Å². The van der Waals surface area contributed by atoms with Crippen LogP contribution < -0.4 is 0 Å². The Bertz CT molecular complexity index is 794. The maximum atomic E-state index is 12.6. The van der Waals surface area contributed by atoms with Crippen LogP contribution in [0, 0.1) is 0 Å². The van der Waals surface area contributed by atoms with Crippen LogP contribution in [0.1, 0.15) is 206 Å². The molecule has 0 aromatic carbocycles. The zero-order chi connectivity index (χ0) is 34.3. The molecule has 4 heteroatoms. The third kappa shape index (κ3) is 38.2. The topological polar surface area (TPSA) is 63.6 Å². The molecular weight excluding hydrogens is 580 g/mol. The second kappa shape index (κ2) is 38.3. The summed E-state index contributed by atoms with van der Waals surface area (Å²) in [6.45, 7) is 4.41. The zero-order valence-corrected chi connectivity index (χ0v) is 31.1. The number of rotatable bonds is 36. The van der Waals surface area contributed by atoms with Crippen LogP contribution in [-0.2, 0) is 14.3 Å². The zero-order valence-electron chi connectivity index (χ0n) is 31.1. The minimum absolute atomic E-state index is 0.00674. The van der Waals surface area contributed by atoms with Gasteiger partial charge in [-0.15, -0.1) is 0 Å². The van der Waals surface area contributed by atoms with Gasteiger partial charge in [0.15, 0.2) is 0 Å². The van der Waals surface area contributed by atoms with Gasteiger partial charge in [0.2, 0.25) is 0 Å². The van der Waals surface area contributed by atoms with Crippen molar-refractivity contribution < 1.29 is 19.4 Å². The summed E-state index contributed by atoms with van der Waals surface area (Å²) in [5, 5.41) is 8.79. The summed E-state index contributed by atoms with van der Waals surface area (Å²) in [6, 6.07) is 0. The Kier molecular flexibility index (Phi) is 36.6. The number of carbonyl (C=O) groups is 2. The number of allylic oxidation sites excluding steroid dienone is 8. The number of carbonyl (C=O) groups excluding carboxylic acids is 1. The first kappa shape index (κ1) is 44.9. The van der Waals surface area contributed by atoms with Crippen LogP contribution in [-0.4, -0.2) is 23.1 Å². The first-order valence-corrected chi connectivity index (χ1v) is 20.1. The summed E-state index contributed by atoms with van der Waals surface area (Å²) in [5.74, 6) is -0.709. The molecule has 47 heavy (non-hydrogen) atoms. The van der Waals surface area contributed by atoms with Crippen molar-refractivity contribution in [1.82, 2.24) is 0 Å². The van der Waals surface area contributed by atoms with Gasteiger partial charge >= 0.3 is 11.9 Å². The molecule has 0 rings (SSSR count). The number of carboxylic acids is 1. The first-order chi connectivity index (χ1) is 23.1. The molecule has 4 nitrogen and oxygen atoms in total. The molecule has 1 N–H and O–H groups in total. The van der Waals surface area contributed by atoms with Crippen molar-refractivity contribution in [3.05, 3.63) is 48.6 Å². The van der Waals surface area contributed by atoms with E-state index in [1.807, 2.05) is 0 Å². The van der Waals surface area contributed by atoms with Gasteiger partial charge in [-0.05, 0) is 77.0 Å². The van der Waals surface area contributed by atoms with Gasteiger partial charge < -0.3 is 9.84 Å². The second-order valence-corrected chi connectivity index (χ2v) is 13.4. The van der Waals surface area contributed by atoms with Gasteiger partial charge in [-0.2, -0.15) is 0 Å². The van der Waals surface area contributed by atoms with Crippen molar-refractivity contribution in [2.75, 3.05) is 0 Å². The lowest BCUT2D eigenvalue weighted by Gasteiger charge is -2.18. The molecule has 0 amide bonds. The fourth-order valence-corrected chi connectivity index (χ4v) is 5.88. The Balaban J connectivity index is 3.79. The summed E-state index contributed by atoms with van der Waals surface area (Å²) in [4.78, 5) is 23.3. The highest BCUT2D eigenvalue weighted by atomic mass is 16.5. The number of carboxylic acid groups (broad SMARTS) is 1. The van der Waals surface area contributed by atoms with Gasteiger partial charge in [0, 0.05) is 12.8 Å². The summed E-state index contributed by atoms with van der Waals surface area (Å²) in [6.07, 6.45) is 51.5. The van der Waals surface area contributed by atoms with Crippen LogP contribution >= 0.6 is 0 Å². The summed E-state index contributed by atoms with van der Waals surface area (Å²) in [7, 11) is 0. The van der Waals surface area contributed by atoms with Gasteiger partial charge in [-0.25, -0.2) is 0 Å². The van der Waals surface area contributed by atoms with Crippen LogP contribution in [0.4, 0.5) is 0 Å². The van der Waals surface area contributed by atoms with Crippen LogP contribution in [0.5, 0.6) is 0 Å². The average molecular weight is 657 g/mol. The van der Waals surface area contributed by atoms with E-state index in [1.165, 1.54) is 89.9 Å². The summed E-state index contributed by atoms with van der Waals surface area (Å²) < 4.78 is 5.96. The van der Waals surface area contributed by atoms with Gasteiger partial charge in [0.25, 0.3) is 0 Å². The molecule has 0 fully saturated rings. The highest BCUT2D eigenvalue weighted by Crippen LogP contribution is 2.18. The molecule has 0 bridgehead atoms. The maximum Gasteiger partial charge on any atom is 0.306 e. The van der Waals surface area contributed by atoms with E-state index in [1.54, 1.807) is 0 Å². The molecule has 0 saturated heterocycles. The van der Waals surface area contributed by atoms with E-state index in [-0.39, 0.29) is 18.5 Å². The number of ether oxygens (including phenoxy) is 1. The number of esters is 1. The van der Waals surface area contributed by atoms with E-state index in [4.69, 9.17) is 9.84 Å². The fraction of sp³-hybridized carbons (Fsp3) is 0.767. The van der Waals surface area contributed by atoms with Gasteiger partial charge in [-0.3, -0.25) is 9.59 Å². The molecule has 0 radical (unpaired) electrons. The van der Waals surface area contributed by atoms with E-state index >= 15 is 0 Å². The SMILES string of the molecule is CC/C=C\C/C=C\C/C=C\C/C=C\CCCCCCCCCCCCC(=O)OC(CCCCCCCC)CCCCCCCC(=O)O. The predicted octanol–water partition coefficient (Wildman–Crippen LogP) is 14.0. The van der Waals surface area contributed by atoms with Crippen molar-refractivity contribution >= 4 is 11.9 Å². The monoisotopic (exact) mass is 657 g/mol.